The van der Waals surface area contributed by atoms with Gasteiger partial charge >= 0.3 is 0 Å². The fourth-order valence-electron chi connectivity index (χ4n) is 2.41. The molecule has 2 rings (SSSR count). The van der Waals surface area contributed by atoms with Crippen molar-refractivity contribution in [2.24, 2.45) is 12.8 Å². The summed E-state index contributed by atoms with van der Waals surface area (Å²) in [5.74, 6) is 0.829. The molecule has 1 aromatic carbocycles. The van der Waals surface area contributed by atoms with Gasteiger partial charge in [0.2, 0.25) is 0 Å². The Morgan fingerprint density at radius 3 is 2.75 bits per heavy atom. The molecule has 1 atom stereocenters. The van der Waals surface area contributed by atoms with Crippen LogP contribution in [0.4, 0.5) is 5.69 Å². The number of rotatable bonds is 5. The predicted octanol–water partition coefficient (Wildman–Crippen LogP) is 2.08. The summed E-state index contributed by atoms with van der Waals surface area (Å²) in [6.07, 6.45) is 3.89. The second-order valence-corrected chi connectivity index (χ2v) is 5.06. The van der Waals surface area contributed by atoms with Gasteiger partial charge in [0, 0.05) is 49.7 Å². The van der Waals surface area contributed by atoms with E-state index in [0.717, 1.165) is 29.1 Å². The monoisotopic (exact) mass is 274 g/mol. The van der Waals surface area contributed by atoms with Crippen molar-refractivity contribution < 1.29 is 4.74 Å². The summed E-state index contributed by atoms with van der Waals surface area (Å²) >= 11 is 0. The first-order valence-electron chi connectivity index (χ1n) is 6.64. The number of nitrogens with zero attached hydrogens (tertiary/aromatic N) is 3. The van der Waals surface area contributed by atoms with Crippen LogP contribution >= 0.6 is 0 Å². The average molecular weight is 274 g/mol. The first-order valence-corrected chi connectivity index (χ1v) is 6.64. The van der Waals surface area contributed by atoms with Gasteiger partial charge in [0.15, 0.2) is 0 Å². The second kappa shape index (κ2) is 5.96. The van der Waals surface area contributed by atoms with E-state index in [4.69, 9.17) is 10.5 Å². The van der Waals surface area contributed by atoms with Crippen molar-refractivity contribution in [2.75, 3.05) is 19.1 Å². The molecule has 0 saturated carbocycles. The molecule has 20 heavy (non-hydrogen) atoms. The standard InChI is InChI=1S/C15H22N4O/c1-11(16)15-13(6-5-7-14(15)20-4)18(2)9-12-8-17-19(3)10-12/h5-8,10-11H,9,16H2,1-4H3. The van der Waals surface area contributed by atoms with Crippen LogP contribution in [0.25, 0.3) is 0 Å². The van der Waals surface area contributed by atoms with E-state index < -0.39 is 0 Å². The minimum absolute atomic E-state index is 0.0856. The summed E-state index contributed by atoms with van der Waals surface area (Å²) in [5, 5.41) is 4.20. The molecule has 5 nitrogen and oxygen atoms in total. The first kappa shape index (κ1) is 14.4. The minimum atomic E-state index is -0.0856. The van der Waals surface area contributed by atoms with Crippen LogP contribution in [0, 0.1) is 0 Å². The van der Waals surface area contributed by atoms with Crippen molar-refractivity contribution in [1.29, 1.82) is 0 Å². The fraction of sp³-hybridized carbons (Fsp3) is 0.400. The highest BCUT2D eigenvalue weighted by molar-refractivity contribution is 5.60. The Morgan fingerprint density at radius 1 is 1.45 bits per heavy atom. The van der Waals surface area contributed by atoms with Gasteiger partial charge in [0.25, 0.3) is 0 Å². The summed E-state index contributed by atoms with van der Waals surface area (Å²) in [7, 11) is 5.64. The Morgan fingerprint density at radius 2 is 2.20 bits per heavy atom. The van der Waals surface area contributed by atoms with Gasteiger partial charge < -0.3 is 15.4 Å². The first-order chi connectivity index (χ1) is 9.52. The van der Waals surface area contributed by atoms with Gasteiger partial charge in [-0.25, -0.2) is 0 Å². The number of aryl methyl sites for hydroxylation is 1. The van der Waals surface area contributed by atoms with Crippen molar-refractivity contribution in [3.63, 3.8) is 0 Å². The number of methoxy groups -OCH3 is 1. The topological polar surface area (TPSA) is 56.3 Å². The van der Waals surface area contributed by atoms with Crippen LogP contribution in [0.5, 0.6) is 5.75 Å². The van der Waals surface area contributed by atoms with E-state index in [1.54, 1.807) is 11.8 Å². The van der Waals surface area contributed by atoms with Gasteiger partial charge in [-0.05, 0) is 19.1 Å². The maximum Gasteiger partial charge on any atom is 0.125 e. The largest absolute Gasteiger partial charge is 0.496 e. The average Bonchev–Trinajstić information content (AvgIpc) is 2.82. The third-order valence-corrected chi connectivity index (χ3v) is 3.31. The molecule has 1 heterocycles. The number of hydrogen-bond donors (Lipinski definition) is 1. The van der Waals surface area contributed by atoms with Gasteiger partial charge in [-0.15, -0.1) is 0 Å². The van der Waals surface area contributed by atoms with Crippen LogP contribution in [0.2, 0.25) is 0 Å². The minimum Gasteiger partial charge on any atom is -0.496 e. The molecule has 1 unspecified atom stereocenters. The quantitative estimate of drug-likeness (QED) is 0.907. The molecule has 0 aliphatic rings. The van der Waals surface area contributed by atoms with Gasteiger partial charge in [-0.2, -0.15) is 5.10 Å². The van der Waals surface area contributed by atoms with E-state index >= 15 is 0 Å². The molecule has 2 aromatic rings. The lowest BCUT2D eigenvalue weighted by Gasteiger charge is -2.25. The predicted molar refractivity (Wildman–Crippen MR) is 80.9 cm³/mol. The molecular formula is C15H22N4O. The van der Waals surface area contributed by atoms with E-state index in [2.05, 4.69) is 16.1 Å². The molecule has 0 spiro atoms. The Kier molecular flexibility index (Phi) is 4.29. The molecule has 0 saturated heterocycles. The van der Waals surface area contributed by atoms with Gasteiger partial charge in [0.1, 0.15) is 5.75 Å². The Hall–Kier alpha value is -2.01. The highest BCUT2D eigenvalue weighted by atomic mass is 16.5. The zero-order valence-corrected chi connectivity index (χ0v) is 12.5. The van der Waals surface area contributed by atoms with Crippen molar-refractivity contribution in [3.05, 3.63) is 41.7 Å². The Labute approximate surface area is 119 Å². The molecule has 108 valence electrons. The summed E-state index contributed by atoms with van der Waals surface area (Å²) in [4.78, 5) is 2.16. The highest BCUT2D eigenvalue weighted by Gasteiger charge is 2.16. The van der Waals surface area contributed by atoms with Crippen LogP contribution in [0.1, 0.15) is 24.1 Å². The summed E-state index contributed by atoms with van der Waals surface area (Å²) < 4.78 is 7.24. The van der Waals surface area contributed by atoms with Crippen molar-refractivity contribution in [3.8, 4) is 5.75 Å². The number of anilines is 1. The molecule has 1 aromatic heterocycles. The van der Waals surface area contributed by atoms with Gasteiger partial charge in [0.05, 0.1) is 13.3 Å². The molecule has 0 aliphatic carbocycles. The van der Waals surface area contributed by atoms with Crippen molar-refractivity contribution in [2.45, 2.75) is 19.5 Å². The third kappa shape index (κ3) is 2.93. The highest BCUT2D eigenvalue weighted by Crippen LogP contribution is 2.33. The van der Waals surface area contributed by atoms with Crippen LogP contribution < -0.4 is 15.4 Å². The lowest BCUT2D eigenvalue weighted by Crippen LogP contribution is -2.20. The van der Waals surface area contributed by atoms with Crippen molar-refractivity contribution >= 4 is 5.69 Å². The molecule has 0 amide bonds. The zero-order chi connectivity index (χ0) is 14.7. The van der Waals surface area contributed by atoms with Gasteiger partial charge in [-0.3, -0.25) is 4.68 Å². The van der Waals surface area contributed by atoms with E-state index in [1.165, 1.54) is 0 Å². The molecular weight excluding hydrogens is 252 g/mol. The maximum absolute atomic E-state index is 6.10. The number of nitrogens with two attached hydrogens (primary N) is 1. The second-order valence-electron chi connectivity index (χ2n) is 5.06. The van der Waals surface area contributed by atoms with Gasteiger partial charge in [-0.1, -0.05) is 6.07 Å². The Balaban J connectivity index is 2.31. The van der Waals surface area contributed by atoms with Crippen LogP contribution in [0.3, 0.4) is 0 Å². The third-order valence-electron chi connectivity index (χ3n) is 3.31. The van der Waals surface area contributed by atoms with E-state index in [-0.39, 0.29) is 6.04 Å². The maximum atomic E-state index is 6.10. The van der Waals surface area contributed by atoms with Crippen LogP contribution in [-0.4, -0.2) is 23.9 Å². The molecule has 2 N–H and O–H groups in total. The molecule has 0 fully saturated rings. The van der Waals surface area contributed by atoms with Crippen LogP contribution in [-0.2, 0) is 13.6 Å². The SMILES string of the molecule is COc1cccc(N(C)Cc2cnn(C)c2)c1C(C)N. The summed E-state index contributed by atoms with van der Waals surface area (Å²) in [6.45, 7) is 2.75. The van der Waals surface area contributed by atoms with E-state index in [0.29, 0.717) is 0 Å². The lowest BCUT2D eigenvalue weighted by atomic mass is 10.0. The molecule has 0 bridgehead atoms. The number of aromatic nitrogens is 2. The van der Waals surface area contributed by atoms with E-state index in [9.17, 15) is 0 Å². The number of benzene rings is 1. The number of ether oxygens (including phenoxy) is 1. The molecule has 0 aliphatic heterocycles. The number of hydrogen-bond acceptors (Lipinski definition) is 4. The normalized spacial score (nSPS) is 12.2. The fourth-order valence-corrected chi connectivity index (χ4v) is 2.41. The molecule has 5 heteroatoms. The Bertz CT molecular complexity index is 577. The lowest BCUT2D eigenvalue weighted by molar-refractivity contribution is 0.407. The van der Waals surface area contributed by atoms with Crippen LogP contribution in [0.15, 0.2) is 30.6 Å². The summed E-state index contributed by atoms with van der Waals surface area (Å²) in [6, 6.07) is 5.91. The zero-order valence-electron chi connectivity index (χ0n) is 12.5. The molecule has 0 radical (unpaired) electrons. The van der Waals surface area contributed by atoms with Crippen molar-refractivity contribution in [1.82, 2.24) is 9.78 Å². The van der Waals surface area contributed by atoms with E-state index in [1.807, 2.05) is 45.5 Å². The summed E-state index contributed by atoms with van der Waals surface area (Å²) in [5.41, 5.74) is 9.38. The smallest absolute Gasteiger partial charge is 0.125 e.